The molecule has 0 bridgehead atoms. The number of carbonyl (C=O) groups is 3. The quantitative estimate of drug-likeness (QED) is 0.740. The fourth-order valence-corrected chi connectivity index (χ4v) is 3.34. The van der Waals surface area contributed by atoms with Gasteiger partial charge in [0.25, 0.3) is 0 Å². The SMILES string of the molecule is COc1ccc(Cl)cc1NC(=O)CC1CC(C(C)=O)=C(C)N(CCO)C1=O. The number of methoxy groups -OCH3 is 1. The lowest BCUT2D eigenvalue weighted by Gasteiger charge is -2.34. The second-order valence-electron chi connectivity index (χ2n) is 6.33. The third kappa shape index (κ3) is 4.87. The topological polar surface area (TPSA) is 95.9 Å². The second kappa shape index (κ2) is 9.01. The van der Waals surface area contributed by atoms with Crippen LogP contribution in [0, 0.1) is 5.92 Å². The van der Waals surface area contributed by atoms with E-state index in [1.165, 1.54) is 18.9 Å². The van der Waals surface area contributed by atoms with Crippen LogP contribution in [-0.2, 0) is 14.4 Å². The molecular weight excluding hydrogens is 372 g/mol. The number of aliphatic hydroxyl groups is 1. The van der Waals surface area contributed by atoms with Crippen LogP contribution in [0.1, 0.15) is 26.7 Å². The summed E-state index contributed by atoms with van der Waals surface area (Å²) >= 11 is 5.96. The number of carbonyl (C=O) groups excluding carboxylic acids is 3. The maximum absolute atomic E-state index is 12.7. The lowest BCUT2D eigenvalue weighted by molar-refractivity contribution is -0.137. The summed E-state index contributed by atoms with van der Waals surface area (Å²) in [5, 5.41) is 12.4. The first-order valence-electron chi connectivity index (χ1n) is 8.54. The number of amides is 2. The Kier molecular flexibility index (Phi) is 6.98. The molecule has 0 saturated carbocycles. The number of β-amino-alcohol motifs (C(OH)–C–C–N with tert-alkyl or cyclic N) is 1. The number of rotatable bonds is 7. The largest absolute Gasteiger partial charge is 0.495 e. The summed E-state index contributed by atoms with van der Waals surface area (Å²) in [4.78, 5) is 38.5. The molecule has 0 fully saturated rings. The molecule has 1 aromatic rings. The predicted octanol–water partition coefficient (Wildman–Crippen LogP) is 2.38. The van der Waals surface area contributed by atoms with Crippen LogP contribution in [0.5, 0.6) is 5.75 Å². The van der Waals surface area contributed by atoms with Crippen molar-refractivity contribution in [2.75, 3.05) is 25.6 Å². The molecule has 1 heterocycles. The average molecular weight is 395 g/mol. The van der Waals surface area contributed by atoms with E-state index in [0.717, 1.165) is 0 Å². The molecular formula is C19H23ClN2O5. The second-order valence-corrected chi connectivity index (χ2v) is 6.77. The van der Waals surface area contributed by atoms with Crippen LogP contribution < -0.4 is 10.1 Å². The molecule has 2 rings (SSSR count). The minimum Gasteiger partial charge on any atom is -0.495 e. The highest BCUT2D eigenvalue weighted by atomic mass is 35.5. The molecule has 146 valence electrons. The van der Waals surface area contributed by atoms with Gasteiger partial charge in [-0.2, -0.15) is 0 Å². The molecule has 0 spiro atoms. The van der Waals surface area contributed by atoms with Gasteiger partial charge in [0.2, 0.25) is 11.8 Å². The highest BCUT2D eigenvalue weighted by molar-refractivity contribution is 6.31. The standard InChI is InChI=1S/C19H23ClN2O5/c1-11-15(12(2)24)8-13(19(26)22(11)6-7-23)9-18(25)21-16-10-14(20)4-5-17(16)27-3/h4-5,10,13,23H,6-9H2,1-3H3,(H,21,25). The Hall–Kier alpha value is -2.38. The molecule has 1 atom stereocenters. The molecule has 0 radical (unpaired) electrons. The molecule has 27 heavy (non-hydrogen) atoms. The zero-order chi connectivity index (χ0) is 20.1. The monoisotopic (exact) mass is 394 g/mol. The van der Waals surface area contributed by atoms with Crippen LogP contribution in [-0.4, -0.2) is 47.9 Å². The molecule has 1 unspecified atom stereocenters. The number of hydrogen-bond donors (Lipinski definition) is 2. The number of ketones is 1. The molecule has 0 saturated heterocycles. The summed E-state index contributed by atoms with van der Waals surface area (Å²) < 4.78 is 5.20. The van der Waals surface area contributed by atoms with Crippen LogP contribution in [0.4, 0.5) is 5.69 Å². The van der Waals surface area contributed by atoms with E-state index in [2.05, 4.69) is 5.32 Å². The van der Waals surface area contributed by atoms with E-state index in [0.29, 0.717) is 27.7 Å². The van der Waals surface area contributed by atoms with Crippen molar-refractivity contribution in [3.05, 3.63) is 34.5 Å². The molecule has 1 aliphatic rings. The molecule has 8 heteroatoms. The van der Waals surface area contributed by atoms with Crippen molar-refractivity contribution in [2.24, 2.45) is 5.92 Å². The smallest absolute Gasteiger partial charge is 0.230 e. The van der Waals surface area contributed by atoms with E-state index in [1.54, 1.807) is 25.1 Å². The van der Waals surface area contributed by atoms with Gasteiger partial charge in [0.1, 0.15) is 5.75 Å². The first-order chi connectivity index (χ1) is 12.8. The highest BCUT2D eigenvalue weighted by Gasteiger charge is 2.35. The fraction of sp³-hybridized carbons (Fsp3) is 0.421. The Morgan fingerprint density at radius 2 is 2.11 bits per heavy atom. The summed E-state index contributed by atoms with van der Waals surface area (Å²) in [6.45, 7) is 2.96. The minimum atomic E-state index is -0.677. The maximum Gasteiger partial charge on any atom is 0.230 e. The highest BCUT2D eigenvalue weighted by Crippen LogP contribution is 2.31. The molecule has 0 aromatic heterocycles. The number of nitrogens with one attached hydrogen (secondary N) is 1. The van der Waals surface area contributed by atoms with Gasteiger partial charge in [0.15, 0.2) is 5.78 Å². The van der Waals surface area contributed by atoms with Gasteiger partial charge in [-0.3, -0.25) is 14.4 Å². The normalized spacial score (nSPS) is 17.1. The van der Waals surface area contributed by atoms with Crippen molar-refractivity contribution >= 4 is 34.9 Å². The van der Waals surface area contributed by atoms with Crippen molar-refractivity contribution in [1.82, 2.24) is 4.90 Å². The van der Waals surface area contributed by atoms with Crippen molar-refractivity contribution in [2.45, 2.75) is 26.7 Å². The number of Topliss-reactive ketones (excluding diaryl/α,β-unsaturated/α-hetero) is 1. The van der Waals surface area contributed by atoms with Gasteiger partial charge in [-0.25, -0.2) is 0 Å². The Balaban J connectivity index is 2.18. The molecule has 1 aliphatic heterocycles. The number of halogens is 1. The van der Waals surface area contributed by atoms with Gasteiger partial charge in [-0.05, 0) is 38.5 Å². The van der Waals surface area contributed by atoms with Gasteiger partial charge in [-0.1, -0.05) is 11.6 Å². The third-order valence-electron chi connectivity index (χ3n) is 4.52. The number of hydrogen-bond acceptors (Lipinski definition) is 5. The summed E-state index contributed by atoms with van der Waals surface area (Å²) in [6, 6.07) is 4.83. The van der Waals surface area contributed by atoms with Crippen LogP contribution in [0.25, 0.3) is 0 Å². The van der Waals surface area contributed by atoms with Crippen molar-refractivity contribution in [3.8, 4) is 5.75 Å². The first-order valence-corrected chi connectivity index (χ1v) is 8.92. The van der Waals surface area contributed by atoms with E-state index in [4.69, 9.17) is 16.3 Å². The number of allylic oxidation sites excluding steroid dienone is 2. The Morgan fingerprint density at radius 3 is 2.70 bits per heavy atom. The summed E-state index contributed by atoms with van der Waals surface area (Å²) in [5.74, 6) is -1.04. The van der Waals surface area contributed by atoms with E-state index in [-0.39, 0.29) is 43.6 Å². The van der Waals surface area contributed by atoms with Gasteiger partial charge in [-0.15, -0.1) is 0 Å². The number of benzene rings is 1. The summed E-state index contributed by atoms with van der Waals surface area (Å²) in [7, 11) is 1.48. The predicted molar refractivity (Wildman–Crippen MR) is 102 cm³/mol. The minimum absolute atomic E-state index is 0.0850. The Bertz CT molecular complexity index is 790. The lowest BCUT2D eigenvalue weighted by atomic mass is 9.87. The third-order valence-corrected chi connectivity index (χ3v) is 4.76. The zero-order valence-corrected chi connectivity index (χ0v) is 16.3. The van der Waals surface area contributed by atoms with Gasteiger partial charge in [0.05, 0.1) is 25.3 Å². The number of aliphatic hydroxyl groups excluding tert-OH is 1. The van der Waals surface area contributed by atoms with Gasteiger partial charge < -0.3 is 20.1 Å². The molecule has 1 aromatic carbocycles. The summed E-state index contributed by atoms with van der Waals surface area (Å²) in [6.07, 6.45) is 0.0997. The van der Waals surface area contributed by atoms with Gasteiger partial charge >= 0.3 is 0 Å². The van der Waals surface area contributed by atoms with E-state index in [1.807, 2.05) is 0 Å². The number of nitrogens with zero attached hydrogens (tertiary/aromatic N) is 1. The van der Waals surface area contributed by atoms with Gasteiger partial charge in [0, 0.05) is 29.3 Å². The molecule has 0 aliphatic carbocycles. The van der Waals surface area contributed by atoms with E-state index < -0.39 is 5.92 Å². The van der Waals surface area contributed by atoms with E-state index >= 15 is 0 Å². The summed E-state index contributed by atoms with van der Waals surface area (Å²) in [5.41, 5.74) is 1.44. The fourth-order valence-electron chi connectivity index (χ4n) is 3.17. The van der Waals surface area contributed by atoms with Crippen LogP contribution >= 0.6 is 11.6 Å². The zero-order valence-electron chi connectivity index (χ0n) is 15.5. The van der Waals surface area contributed by atoms with E-state index in [9.17, 15) is 19.5 Å². The molecule has 2 amide bonds. The average Bonchev–Trinajstić information content (AvgIpc) is 2.61. The van der Waals surface area contributed by atoms with Crippen molar-refractivity contribution < 1.29 is 24.2 Å². The van der Waals surface area contributed by atoms with Crippen molar-refractivity contribution in [3.63, 3.8) is 0 Å². The van der Waals surface area contributed by atoms with Crippen LogP contribution in [0.2, 0.25) is 5.02 Å². The molecule has 2 N–H and O–H groups in total. The van der Waals surface area contributed by atoms with Crippen LogP contribution in [0.15, 0.2) is 29.5 Å². The Labute approximate surface area is 162 Å². The maximum atomic E-state index is 12.7. The molecule has 7 nitrogen and oxygen atoms in total. The number of ether oxygens (including phenoxy) is 1. The van der Waals surface area contributed by atoms with Crippen LogP contribution in [0.3, 0.4) is 0 Å². The van der Waals surface area contributed by atoms with Crippen molar-refractivity contribution in [1.29, 1.82) is 0 Å². The Morgan fingerprint density at radius 1 is 1.41 bits per heavy atom. The lowest BCUT2D eigenvalue weighted by Crippen LogP contribution is -2.43. The number of anilines is 1. The first kappa shape index (κ1) is 20.9.